The van der Waals surface area contributed by atoms with Gasteiger partial charge in [-0.1, -0.05) is 54.1 Å². The Bertz CT molecular complexity index is 1170. The molecule has 1 aromatic heterocycles. The molecule has 0 radical (unpaired) electrons. The van der Waals surface area contributed by atoms with E-state index in [1.54, 1.807) is 6.07 Å². The van der Waals surface area contributed by atoms with E-state index in [4.69, 9.17) is 10.5 Å². The number of nitrogens with zero attached hydrogens (tertiary/aromatic N) is 2. The Hall–Kier alpha value is -4.13. The normalized spacial score (nSPS) is 10.5. The number of aryl methyl sites for hydroxylation is 1. The third kappa shape index (κ3) is 3.93. The van der Waals surface area contributed by atoms with Gasteiger partial charge in [-0.25, -0.2) is 4.98 Å². The molecule has 0 bridgehead atoms. The summed E-state index contributed by atoms with van der Waals surface area (Å²) in [5.74, 6) is 0.744. The molecule has 0 saturated carbocycles. The number of anilines is 2. The van der Waals surface area contributed by atoms with Gasteiger partial charge in [0.1, 0.15) is 17.8 Å². The van der Waals surface area contributed by atoms with Gasteiger partial charge >= 0.3 is 0 Å². The lowest BCUT2D eigenvalue weighted by Crippen LogP contribution is -2.30. The standard InChI is InChI=1S/C22H19N5O2/c1-14-9-11-16(12-10-14)29-22-19(23)20(24-13-25-22)26-27-21(28)18-8-4-6-15-5-2-3-7-17(15)18/h2-13H,23H2,1H3,(H,27,28)(H,24,25,26). The van der Waals surface area contributed by atoms with E-state index < -0.39 is 0 Å². The average Bonchev–Trinajstić information content (AvgIpc) is 2.75. The van der Waals surface area contributed by atoms with Crippen molar-refractivity contribution < 1.29 is 9.53 Å². The molecule has 4 aromatic rings. The summed E-state index contributed by atoms with van der Waals surface area (Å²) >= 11 is 0. The number of ether oxygens (including phenoxy) is 1. The van der Waals surface area contributed by atoms with Crippen LogP contribution in [0.5, 0.6) is 11.6 Å². The Morgan fingerprint density at radius 2 is 1.72 bits per heavy atom. The molecule has 3 aromatic carbocycles. The number of hydrogen-bond donors (Lipinski definition) is 3. The molecule has 0 unspecified atom stereocenters. The summed E-state index contributed by atoms with van der Waals surface area (Å²) in [5.41, 5.74) is 13.3. The van der Waals surface area contributed by atoms with Gasteiger partial charge in [0.2, 0.25) is 5.88 Å². The molecule has 0 aliphatic carbocycles. The minimum atomic E-state index is -0.305. The third-order valence-corrected chi connectivity index (χ3v) is 4.41. The second-order valence-electron chi connectivity index (χ2n) is 6.46. The summed E-state index contributed by atoms with van der Waals surface area (Å²) in [4.78, 5) is 20.8. The fourth-order valence-electron chi connectivity index (χ4n) is 2.89. The molecule has 7 heteroatoms. The van der Waals surface area contributed by atoms with E-state index in [-0.39, 0.29) is 23.3 Å². The van der Waals surface area contributed by atoms with Crippen LogP contribution in [0, 0.1) is 6.92 Å². The van der Waals surface area contributed by atoms with E-state index in [0.717, 1.165) is 16.3 Å². The van der Waals surface area contributed by atoms with Crippen molar-refractivity contribution in [3.8, 4) is 11.6 Å². The first-order chi connectivity index (χ1) is 14.1. The number of fused-ring (bicyclic) bond motifs is 1. The summed E-state index contributed by atoms with van der Waals surface area (Å²) in [6.45, 7) is 1.99. The number of hydrazine groups is 1. The maximum absolute atomic E-state index is 12.7. The number of benzene rings is 3. The predicted molar refractivity (Wildman–Crippen MR) is 113 cm³/mol. The number of nitrogens with one attached hydrogen (secondary N) is 2. The predicted octanol–water partition coefficient (Wildman–Crippen LogP) is 4.07. The van der Waals surface area contributed by atoms with Gasteiger partial charge in [0.15, 0.2) is 5.82 Å². The quantitative estimate of drug-likeness (QED) is 0.448. The van der Waals surface area contributed by atoms with Crippen LogP contribution in [0.4, 0.5) is 11.5 Å². The summed E-state index contributed by atoms with van der Waals surface area (Å²) in [5, 5.41) is 1.84. The average molecular weight is 385 g/mol. The highest BCUT2D eigenvalue weighted by molar-refractivity contribution is 6.07. The lowest BCUT2D eigenvalue weighted by atomic mass is 10.0. The lowest BCUT2D eigenvalue weighted by molar-refractivity contribution is 0.0964. The SMILES string of the molecule is Cc1ccc(Oc2ncnc(NNC(=O)c3cccc4ccccc34)c2N)cc1. The zero-order chi connectivity index (χ0) is 20.2. The molecule has 0 aliphatic heterocycles. The molecule has 4 rings (SSSR count). The highest BCUT2D eigenvalue weighted by atomic mass is 16.5. The topological polar surface area (TPSA) is 102 Å². The van der Waals surface area contributed by atoms with Gasteiger partial charge in [0, 0.05) is 5.56 Å². The zero-order valence-electron chi connectivity index (χ0n) is 15.7. The van der Waals surface area contributed by atoms with Crippen molar-refractivity contribution in [2.24, 2.45) is 0 Å². The minimum Gasteiger partial charge on any atom is -0.437 e. The van der Waals surface area contributed by atoms with E-state index in [2.05, 4.69) is 20.8 Å². The van der Waals surface area contributed by atoms with E-state index in [1.165, 1.54) is 6.33 Å². The number of nitrogen functional groups attached to an aromatic ring is 1. The van der Waals surface area contributed by atoms with Crippen molar-refractivity contribution in [2.45, 2.75) is 6.92 Å². The van der Waals surface area contributed by atoms with Crippen LogP contribution in [0.1, 0.15) is 15.9 Å². The van der Waals surface area contributed by atoms with E-state index in [9.17, 15) is 4.79 Å². The molecule has 1 heterocycles. The van der Waals surface area contributed by atoms with Crippen LogP contribution in [0.2, 0.25) is 0 Å². The van der Waals surface area contributed by atoms with Crippen LogP contribution in [0.3, 0.4) is 0 Å². The Morgan fingerprint density at radius 1 is 0.966 bits per heavy atom. The third-order valence-electron chi connectivity index (χ3n) is 4.41. The number of carbonyl (C=O) groups is 1. The Balaban J connectivity index is 1.51. The molecule has 0 aliphatic rings. The molecule has 1 amide bonds. The first-order valence-electron chi connectivity index (χ1n) is 9.01. The van der Waals surface area contributed by atoms with E-state index >= 15 is 0 Å². The number of hydrogen-bond acceptors (Lipinski definition) is 6. The first kappa shape index (κ1) is 18.2. The van der Waals surface area contributed by atoms with Crippen LogP contribution in [0.15, 0.2) is 73.1 Å². The molecule has 144 valence electrons. The van der Waals surface area contributed by atoms with Gasteiger partial charge in [-0.2, -0.15) is 4.98 Å². The molecular formula is C22H19N5O2. The Labute approximate surface area is 167 Å². The van der Waals surface area contributed by atoms with Gasteiger partial charge in [-0.3, -0.25) is 15.6 Å². The lowest BCUT2D eigenvalue weighted by Gasteiger charge is -2.13. The molecule has 4 N–H and O–H groups in total. The minimum absolute atomic E-state index is 0.186. The van der Waals surface area contributed by atoms with Crippen molar-refractivity contribution in [2.75, 3.05) is 11.2 Å². The molecule has 0 atom stereocenters. The van der Waals surface area contributed by atoms with Gasteiger partial charge in [0.25, 0.3) is 5.91 Å². The maximum Gasteiger partial charge on any atom is 0.270 e. The van der Waals surface area contributed by atoms with Crippen LogP contribution in [0.25, 0.3) is 10.8 Å². The van der Waals surface area contributed by atoms with Crippen molar-refractivity contribution in [1.29, 1.82) is 0 Å². The molecule has 0 spiro atoms. The second-order valence-corrected chi connectivity index (χ2v) is 6.46. The van der Waals surface area contributed by atoms with Gasteiger partial charge in [0.05, 0.1) is 0 Å². The fourth-order valence-corrected chi connectivity index (χ4v) is 2.89. The van der Waals surface area contributed by atoms with Crippen LogP contribution in [-0.2, 0) is 0 Å². The first-order valence-corrected chi connectivity index (χ1v) is 9.01. The van der Waals surface area contributed by atoms with Gasteiger partial charge < -0.3 is 10.5 Å². The maximum atomic E-state index is 12.7. The molecule has 29 heavy (non-hydrogen) atoms. The van der Waals surface area contributed by atoms with E-state index in [0.29, 0.717) is 11.3 Å². The van der Waals surface area contributed by atoms with Crippen molar-refractivity contribution in [1.82, 2.24) is 15.4 Å². The highest BCUT2D eigenvalue weighted by Gasteiger charge is 2.13. The Kier molecular flexibility index (Phi) is 4.94. The van der Waals surface area contributed by atoms with Crippen molar-refractivity contribution in [3.05, 3.63) is 84.2 Å². The van der Waals surface area contributed by atoms with Gasteiger partial charge in [-0.15, -0.1) is 0 Å². The number of rotatable bonds is 5. The van der Waals surface area contributed by atoms with Gasteiger partial charge in [-0.05, 0) is 35.9 Å². The van der Waals surface area contributed by atoms with Crippen molar-refractivity contribution in [3.63, 3.8) is 0 Å². The highest BCUT2D eigenvalue weighted by Crippen LogP contribution is 2.29. The number of aromatic nitrogens is 2. The van der Waals surface area contributed by atoms with Crippen LogP contribution < -0.4 is 21.3 Å². The molecule has 7 nitrogen and oxygen atoms in total. The van der Waals surface area contributed by atoms with Crippen molar-refractivity contribution >= 4 is 28.2 Å². The second kappa shape index (κ2) is 7.85. The number of nitrogens with two attached hydrogens (primary N) is 1. The summed E-state index contributed by atoms with van der Waals surface area (Å²) in [6, 6.07) is 20.7. The largest absolute Gasteiger partial charge is 0.437 e. The smallest absolute Gasteiger partial charge is 0.270 e. The summed E-state index contributed by atoms with van der Waals surface area (Å²) in [7, 11) is 0. The Morgan fingerprint density at radius 3 is 2.55 bits per heavy atom. The molecule has 0 saturated heterocycles. The van der Waals surface area contributed by atoms with Crippen LogP contribution in [-0.4, -0.2) is 15.9 Å². The summed E-state index contributed by atoms with van der Waals surface area (Å²) in [6.07, 6.45) is 1.31. The zero-order valence-corrected chi connectivity index (χ0v) is 15.7. The number of carbonyl (C=O) groups excluding carboxylic acids is 1. The molecule has 0 fully saturated rings. The van der Waals surface area contributed by atoms with E-state index in [1.807, 2.05) is 67.6 Å². The molecular weight excluding hydrogens is 366 g/mol. The monoisotopic (exact) mass is 385 g/mol. The number of amides is 1. The summed E-state index contributed by atoms with van der Waals surface area (Å²) < 4.78 is 5.73. The van der Waals surface area contributed by atoms with Crippen LogP contribution >= 0.6 is 0 Å². The fraction of sp³-hybridized carbons (Fsp3) is 0.0455.